The zero-order valence-corrected chi connectivity index (χ0v) is 10.5. The second-order valence-electron chi connectivity index (χ2n) is 3.74. The third-order valence-corrected chi connectivity index (χ3v) is 2.72. The quantitative estimate of drug-likeness (QED) is 0.686. The Morgan fingerprint density at radius 3 is 2.63 bits per heavy atom. The number of rotatable bonds is 4. The van der Waals surface area contributed by atoms with Crippen molar-refractivity contribution in [1.29, 1.82) is 0 Å². The van der Waals surface area contributed by atoms with E-state index in [2.05, 4.69) is 0 Å². The fourth-order valence-corrected chi connectivity index (χ4v) is 1.73. The van der Waals surface area contributed by atoms with Gasteiger partial charge in [0.15, 0.2) is 0 Å². The Balaban J connectivity index is 2.41. The van der Waals surface area contributed by atoms with Crippen molar-refractivity contribution in [1.82, 2.24) is 0 Å². The highest BCUT2D eigenvalue weighted by molar-refractivity contribution is 6.30. The van der Waals surface area contributed by atoms with Crippen LogP contribution in [0.25, 0.3) is 0 Å². The van der Waals surface area contributed by atoms with Gasteiger partial charge in [-0.2, -0.15) is 0 Å². The first-order valence-corrected chi connectivity index (χ1v) is 5.80. The molecule has 1 N–H and O–H groups in total. The second-order valence-corrected chi connectivity index (χ2v) is 4.17. The van der Waals surface area contributed by atoms with Gasteiger partial charge in [0.1, 0.15) is 5.75 Å². The fourth-order valence-electron chi connectivity index (χ4n) is 1.57. The van der Waals surface area contributed by atoms with E-state index in [-0.39, 0.29) is 18.0 Å². The molecule has 2 rings (SSSR count). The van der Waals surface area contributed by atoms with E-state index in [1.54, 1.807) is 24.3 Å². The van der Waals surface area contributed by atoms with E-state index < -0.39 is 4.92 Å². The van der Waals surface area contributed by atoms with E-state index in [4.69, 9.17) is 16.3 Å². The predicted octanol–water partition coefficient (Wildman–Crippen LogP) is 3.53. The Morgan fingerprint density at radius 1 is 1.21 bits per heavy atom. The van der Waals surface area contributed by atoms with Gasteiger partial charge in [-0.25, -0.2) is 0 Å². The van der Waals surface area contributed by atoms with Crippen LogP contribution >= 0.6 is 11.6 Å². The Morgan fingerprint density at radius 2 is 1.95 bits per heavy atom. The zero-order chi connectivity index (χ0) is 13.8. The molecule has 6 heteroatoms. The van der Waals surface area contributed by atoms with Crippen LogP contribution in [0.15, 0.2) is 42.5 Å². The molecule has 0 bridgehead atoms. The van der Waals surface area contributed by atoms with E-state index in [0.29, 0.717) is 16.3 Å². The molecular weight excluding hydrogens is 270 g/mol. The number of aliphatic hydroxyl groups is 1. The summed E-state index contributed by atoms with van der Waals surface area (Å²) in [4.78, 5) is 10.4. The number of aliphatic hydroxyl groups excluding tert-OH is 1. The Labute approximate surface area is 114 Å². The van der Waals surface area contributed by atoms with E-state index in [1.807, 2.05) is 0 Å². The molecule has 5 nitrogen and oxygen atoms in total. The number of para-hydroxylation sites is 2. The lowest BCUT2D eigenvalue weighted by atomic mass is 10.2. The molecule has 0 amide bonds. The smallest absolute Gasteiger partial charge is 0.311 e. The van der Waals surface area contributed by atoms with Crippen LogP contribution in [0.4, 0.5) is 5.69 Å². The van der Waals surface area contributed by atoms with Crippen molar-refractivity contribution in [3.63, 3.8) is 0 Å². The van der Waals surface area contributed by atoms with Crippen molar-refractivity contribution in [3.05, 3.63) is 63.2 Å². The van der Waals surface area contributed by atoms with Crippen LogP contribution in [-0.4, -0.2) is 10.0 Å². The summed E-state index contributed by atoms with van der Waals surface area (Å²) in [6, 6.07) is 10.7. The molecule has 0 saturated carbocycles. The molecule has 0 radical (unpaired) electrons. The lowest BCUT2D eigenvalue weighted by Gasteiger charge is -2.10. The molecule has 0 aliphatic carbocycles. The molecule has 0 aliphatic heterocycles. The maximum absolute atomic E-state index is 10.9. The molecule has 0 heterocycles. The van der Waals surface area contributed by atoms with Crippen LogP contribution in [-0.2, 0) is 6.61 Å². The number of ether oxygens (including phenoxy) is 1. The maximum Gasteiger partial charge on any atom is 0.311 e. The molecule has 0 fully saturated rings. The molecule has 19 heavy (non-hydrogen) atoms. The van der Waals surface area contributed by atoms with Crippen LogP contribution < -0.4 is 4.74 Å². The van der Waals surface area contributed by atoms with Crippen molar-refractivity contribution in [2.24, 2.45) is 0 Å². The molecule has 0 unspecified atom stereocenters. The Kier molecular flexibility index (Phi) is 3.99. The third-order valence-electron chi connectivity index (χ3n) is 2.48. The monoisotopic (exact) mass is 279 g/mol. The largest absolute Gasteiger partial charge is 0.450 e. The summed E-state index contributed by atoms with van der Waals surface area (Å²) in [6.45, 7) is -0.243. The van der Waals surface area contributed by atoms with Crippen LogP contribution in [0.1, 0.15) is 5.56 Å². The standard InChI is InChI=1S/C13H10ClNO4/c14-10-6-5-9(8-16)13(7-10)19-12-4-2-1-3-11(12)15(17)18/h1-7,16H,8H2. The van der Waals surface area contributed by atoms with Gasteiger partial charge in [0, 0.05) is 16.7 Å². The molecule has 2 aromatic rings. The SMILES string of the molecule is O=[N+]([O-])c1ccccc1Oc1cc(Cl)ccc1CO. The van der Waals surface area contributed by atoms with Crippen molar-refractivity contribution >= 4 is 17.3 Å². The number of nitrogens with zero attached hydrogens (tertiary/aromatic N) is 1. The van der Waals surface area contributed by atoms with E-state index in [9.17, 15) is 15.2 Å². The summed E-state index contributed by atoms with van der Waals surface area (Å²) in [5.41, 5.74) is 0.355. The lowest BCUT2D eigenvalue weighted by Crippen LogP contribution is -1.95. The first kappa shape index (κ1) is 13.3. The molecule has 0 spiro atoms. The summed E-state index contributed by atoms with van der Waals surface area (Å²) in [7, 11) is 0. The minimum Gasteiger partial charge on any atom is -0.450 e. The minimum atomic E-state index is -0.529. The third kappa shape index (κ3) is 3.01. The summed E-state index contributed by atoms with van der Waals surface area (Å²) >= 11 is 5.85. The van der Waals surface area contributed by atoms with E-state index in [0.717, 1.165) is 0 Å². The zero-order valence-electron chi connectivity index (χ0n) is 9.75. The number of benzene rings is 2. The van der Waals surface area contributed by atoms with Gasteiger partial charge in [0.25, 0.3) is 0 Å². The highest BCUT2D eigenvalue weighted by Gasteiger charge is 2.16. The van der Waals surface area contributed by atoms with Gasteiger partial charge >= 0.3 is 5.69 Å². The molecule has 0 aliphatic rings. The highest BCUT2D eigenvalue weighted by atomic mass is 35.5. The van der Waals surface area contributed by atoms with Crippen molar-refractivity contribution < 1.29 is 14.8 Å². The average molecular weight is 280 g/mol. The molecular formula is C13H10ClNO4. The van der Waals surface area contributed by atoms with E-state index >= 15 is 0 Å². The van der Waals surface area contributed by atoms with Crippen LogP contribution in [0.5, 0.6) is 11.5 Å². The second kappa shape index (κ2) is 5.69. The molecule has 0 atom stereocenters. The topological polar surface area (TPSA) is 72.6 Å². The van der Waals surface area contributed by atoms with Crippen LogP contribution in [0.2, 0.25) is 5.02 Å². The van der Waals surface area contributed by atoms with Gasteiger partial charge in [-0.15, -0.1) is 0 Å². The van der Waals surface area contributed by atoms with Crippen LogP contribution in [0, 0.1) is 10.1 Å². The van der Waals surface area contributed by atoms with E-state index in [1.165, 1.54) is 18.2 Å². The normalized spacial score (nSPS) is 10.2. The lowest BCUT2D eigenvalue weighted by molar-refractivity contribution is -0.385. The molecule has 2 aromatic carbocycles. The summed E-state index contributed by atoms with van der Waals surface area (Å²) in [5, 5.41) is 20.5. The highest BCUT2D eigenvalue weighted by Crippen LogP contribution is 2.33. The van der Waals surface area contributed by atoms with Gasteiger partial charge < -0.3 is 9.84 Å². The number of nitro benzene ring substituents is 1. The molecule has 0 saturated heterocycles. The maximum atomic E-state index is 10.9. The summed E-state index contributed by atoms with van der Waals surface area (Å²) < 4.78 is 5.49. The van der Waals surface area contributed by atoms with Crippen molar-refractivity contribution in [3.8, 4) is 11.5 Å². The Bertz CT molecular complexity index is 615. The number of nitro groups is 1. The van der Waals surface area contributed by atoms with Crippen LogP contribution in [0.3, 0.4) is 0 Å². The molecule has 98 valence electrons. The number of hydrogen-bond acceptors (Lipinski definition) is 4. The predicted molar refractivity (Wildman–Crippen MR) is 70.5 cm³/mol. The van der Waals surface area contributed by atoms with Gasteiger partial charge in [-0.1, -0.05) is 29.8 Å². The minimum absolute atomic E-state index is 0.101. The summed E-state index contributed by atoms with van der Waals surface area (Å²) in [6.07, 6.45) is 0. The number of halogens is 1. The van der Waals surface area contributed by atoms with Crippen molar-refractivity contribution in [2.75, 3.05) is 0 Å². The van der Waals surface area contributed by atoms with Crippen molar-refractivity contribution in [2.45, 2.75) is 6.61 Å². The first-order valence-electron chi connectivity index (χ1n) is 5.42. The fraction of sp³-hybridized carbons (Fsp3) is 0.0769. The summed E-state index contributed by atoms with van der Waals surface area (Å²) in [5.74, 6) is 0.397. The first-order chi connectivity index (χ1) is 9.11. The average Bonchev–Trinajstić information content (AvgIpc) is 2.39. The van der Waals surface area contributed by atoms with Gasteiger partial charge in [-0.3, -0.25) is 10.1 Å². The van der Waals surface area contributed by atoms with Gasteiger partial charge in [0.05, 0.1) is 11.5 Å². The molecule has 0 aromatic heterocycles. The van der Waals surface area contributed by atoms with Gasteiger partial charge in [-0.05, 0) is 18.2 Å². The van der Waals surface area contributed by atoms with Gasteiger partial charge in [0.2, 0.25) is 5.75 Å². The Hall–Kier alpha value is -2.11. The number of hydrogen-bond donors (Lipinski definition) is 1.